The minimum Gasteiger partial charge on any atom is -0.455 e. The van der Waals surface area contributed by atoms with Gasteiger partial charge in [-0.15, -0.1) is 11.3 Å². The van der Waals surface area contributed by atoms with E-state index < -0.39 is 0 Å². The maximum atomic E-state index is 7.03. The number of para-hydroxylation sites is 2. The van der Waals surface area contributed by atoms with Gasteiger partial charge in [-0.3, -0.25) is 4.57 Å². The topological polar surface area (TPSA) is 26.6 Å². The molecule has 1 atom stereocenters. The van der Waals surface area contributed by atoms with E-state index in [1.807, 2.05) is 23.5 Å². The van der Waals surface area contributed by atoms with Crippen LogP contribution in [0.25, 0.3) is 59.7 Å². The maximum absolute atomic E-state index is 7.03. The highest BCUT2D eigenvalue weighted by atomic mass is 32.1. The quantitative estimate of drug-likeness (QED) is 0.196. The molecular formula is C42H26N2O2S. The van der Waals surface area contributed by atoms with E-state index in [0.29, 0.717) is 0 Å². The van der Waals surface area contributed by atoms with Crippen molar-refractivity contribution in [3.05, 3.63) is 144 Å². The van der Waals surface area contributed by atoms with Crippen molar-refractivity contribution in [2.45, 2.75) is 12.5 Å². The smallest absolute Gasteiger partial charge is 0.155 e. The van der Waals surface area contributed by atoms with Crippen LogP contribution in [0.4, 0.5) is 11.4 Å². The van der Waals surface area contributed by atoms with E-state index in [2.05, 4.69) is 137 Å². The third-order valence-electron chi connectivity index (χ3n) is 9.88. The van der Waals surface area contributed by atoms with Crippen LogP contribution in [0.1, 0.15) is 6.42 Å². The predicted molar refractivity (Wildman–Crippen MR) is 193 cm³/mol. The zero-order valence-electron chi connectivity index (χ0n) is 25.2. The van der Waals surface area contributed by atoms with E-state index >= 15 is 0 Å². The zero-order chi connectivity index (χ0) is 30.6. The Kier molecular flexibility index (Phi) is 5.07. The molecule has 222 valence electrons. The van der Waals surface area contributed by atoms with Crippen LogP contribution in [-0.2, 0) is 0 Å². The fraction of sp³-hybridized carbons (Fsp3) is 0.0476. The molecule has 0 bridgehead atoms. The Balaban J connectivity index is 1.20. The number of thiophene rings is 1. The number of fused-ring (bicyclic) bond motifs is 4. The highest BCUT2D eigenvalue weighted by Gasteiger charge is 2.37. The molecule has 0 spiro atoms. The van der Waals surface area contributed by atoms with Crippen molar-refractivity contribution in [2.24, 2.45) is 0 Å². The normalized spacial score (nSPS) is 15.4. The van der Waals surface area contributed by atoms with Gasteiger partial charge in [0, 0.05) is 42.2 Å². The summed E-state index contributed by atoms with van der Waals surface area (Å²) in [5.74, 6) is 3.50. The molecule has 11 rings (SSSR count). The molecule has 0 N–H and O–H groups in total. The van der Waals surface area contributed by atoms with E-state index in [1.165, 1.54) is 41.9 Å². The summed E-state index contributed by atoms with van der Waals surface area (Å²) >= 11 is 1.85. The molecule has 0 saturated heterocycles. The molecule has 0 amide bonds. The highest BCUT2D eigenvalue weighted by molar-refractivity contribution is 7.25. The molecular weight excluding hydrogens is 597 g/mol. The first kappa shape index (κ1) is 25.4. The van der Waals surface area contributed by atoms with E-state index in [4.69, 9.17) is 9.47 Å². The van der Waals surface area contributed by atoms with Crippen LogP contribution in [0.2, 0.25) is 0 Å². The second-order valence-corrected chi connectivity index (χ2v) is 13.5. The molecule has 5 heteroatoms. The summed E-state index contributed by atoms with van der Waals surface area (Å²) in [7, 11) is 0. The lowest BCUT2D eigenvalue weighted by atomic mass is 9.98. The van der Waals surface area contributed by atoms with E-state index in [-0.39, 0.29) is 6.04 Å². The van der Waals surface area contributed by atoms with Crippen molar-refractivity contribution in [1.82, 2.24) is 4.57 Å². The summed E-state index contributed by atoms with van der Waals surface area (Å²) < 4.78 is 18.5. The molecule has 4 nitrogen and oxygen atoms in total. The Morgan fingerprint density at radius 3 is 2.26 bits per heavy atom. The number of ether oxygens (including phenoxy) is 2. The van der Waals surface area contributed by atoms with Gasteiger partial charge in [-0.2, -0.15) is 0 Å². The Hall–Kier alpha value is -5.78. The molecule has 0 radical (unpaired) electrons. The number of hydrogen-bond donors (Lipinski definition) is 0. The van der Waals surface area contributed by atoms with Crippen molar-refractivity contribution in [1.29, 1.82) is 0 Å². The minimum absolute atomic E-state index is 0.0838. The summed E-state index contributed by atoms with van der Waals surface area (Å²) in [4.78, 5) is 2.49. The molecule has 8 aromatic rings. The van der Waals surface area contributed by atoms with Gasteiger partial charge < -0.3 is 14.4 Å². The Bertz CT molecular complexity index is 2740. The van der Waals surface area contributed by atoms with Gasteiger partial charge >= 0.3 is 0 Å². The van der Waals surface area contributed by atoms with Crippen LogP contribution in [0, 0.1) is 0 Å². The van der Waals surface area contributed by atoms with Gasteiger partial charge in [0.15, 0.2) is 23.0 Å². The summed E-state index contributed by atoms with van der Waals surface area (Å²) in [5, 5.41) is 6.11. The van der Waals surface area contributed by atoms with Crippen LogP contribution in [-0.4, -0.2) is 10.6 Å². The molecule has 1 aliphatic carbocycles. The average Bonchev–Trinajstić information content (AvgIpc) is 3.67. The number of nitrogens with zero attached hydrogens (tertiary/aromatic N) is 2. The van der Waals surface area contributed by atoms with Crippen LogP contribution in [0.15, 0.2) is 133 Å². The van der Waals surface area contributed by atoms with Crippen molar-refractivity contribution in [3.63, 3.8) is 0 Å². The summed E-state index contributed by atoms with van der Waals surface area (Å²) in [5.41, 5.74) is 6.75. The van der Waals surface area contributed by atoms with Crippen molar-refractivity contribution in [3.8, 4) is 34.1 Å². The molecule has 6 aromatic carbocycles. The number of rotatable bonds is 4. The standard InChI is InChI=1S/C42H26N2O2S/c1-2-9-25(10-3-1)26-11-6-12-27(23-26)43(28-19-22-38-32(24-28)29-13-4-5-18-37(29)47-38)33-21-20-31-30-14-7-15-34-39(30)44-40(31)42(33)46-36-17-8-16-35(45-34)41(36)44/h1-20,22-24,33H,21H2. The van der Waals surface area contributed by atoms with Gasteiger partial charge in [0.05, 0.1) is 16.9 Å². The molecule has 47 heavy (non-hydrogen) atoms. The van der Waals surface area contributed by atoms with E-state index in [0.717, 1.165) is 57.4 Å². The molecule has 2 aromatic heterocycles. The van der Waals surface area contributed by atoms with Crippen molar-refractivity contribution >= 4 is 65.6 Å². The van der Waals surface area contributed by atoms with Gasteiger partial charge in [0.2, 0.25) is 0 Å². The fourth-order valence-electron chi connectivity index (χ4n) is 7.88. The third kappa shape index (κ3) is 3.52. The number of benzene rings is 6. The minimum atomic E-state index is -0.0838. The average molecular weight is 623 g/mol. The van der Waals surface area contributed by atoms with Crippen LogP contribution in [0.5, 0.6) is 17.2 Å². The third-order valence-corrected chi connectivity index (χ3v) is 11.0. The Labute approximate surface area is 274 Å². The molecule has 4 heterocycles. The molecule has 3 aliphatic rings. The number of aromatic nitrogens is 1. The van der Waals surface area contributed by atoms with Gasteiger partial charge in [-0.25, -0.2) is 0 Å². The largest absolute Gasteiger partial charge is 0.455 e. The Morgan fingerprint density at radius 2 is 1.32 bits per heavy atom. The molecule has 1 unspecified atom stereocenters. The second-order valence-electron chi connectivity index (χ2n) is 12.4. The van der Waals surface area contributed by atoms with Crippen molar-refractivity contribution < 1.29 is 9.47 Å². The van der Waals surface area contributed by atoms with Gasteiger partial charge in [-0.05, 0) is 72.1 Å². The van der Waals surface area contributed by atoms with Crippen LogP contribution in [0.3, 0.4) is 0 Å². The fourth-order valence-corrected chi connectivity index (χ4v) is 8.97. The summed E-state index contributed by atoms with van der Waals surface area (Å²) in [6, 6.07) is 47.6. The lowest BCUT2D eigenvalue weighted by molar-refractivity contribution is 0.426. The van der Waals surface area contributed by atoms with Gasteiger partial charge in [0.1, 0.15) is 5.69 Å². The predicted octanol–water partition coefficient (Wildman–Crippen LogP) is 9.66. The first-order valence-electron chi connectivity index (χ1n) is 16.0. The lowest BCUT2D eigenvalue weighted by Gasteiger charge is -2.37. The molecule has 0 fully saturated rings. The maximum Gasteiger partial charge on any atom is 0.155 e. The van der Waals surface area contributed by atoms with Crippen molar-refractivity contribution in [2.75, 3.05) is 4.90 Å². The Morgan fingerprint density at radius 1 is 0.596 bits per heavy atom. The van der Waals surface area contributed by atoms with Crippen LogP contribution >= 0.6 is 11.3 Å². The summed E-state index contributed by atoms with van der Waals surface area (Å²) in [6.45, 7) is 0. The summed E-state index contributed by atoms with van der Waals surface area (Å²) in [6.07, 6.45) is 3.19. The first-order chi connectivity index (χ1) is 23.3. The number of anilines is 2. The first-order valence-corrected chi connectivity index (χ1v) is 16.8. The van der Waals surface area contributed by atoms with Gasteiger partial charge in [-0.1, -0.05) is 84.9 Å². The molecule has 0 saturated carbocycles. The van der Waals surface area contributed by atoms with E-state index in [9.17, 15) is 0 Å². The molecule has 2 aliphatic heterocycles. The number of hydrogen-bond acceptors (Lipinski definition) is 4. The second kappa shape index (κ2) is 9.38. The lowest BCUT2D eigenvalue weighted by Crippen LogP contribution is -2.47. The highest BCUT2D eigenvalue weighted by Crippen LogP contribution is 2.47. The van der Waals surface area contributed by atoms with E-state index in [1.54, 1.807) is 0 Å². The monoisotopic (exact) mass is 622 g/mol. The SMILES string of the molecule is C1=c2c3n4c5c(cccc25)Oc2cccc(c2-4)OC=3C(N(c2cccc(-c3ccccc3)c2)c2ccc3sc4ccccc4c3c2)C1. The zero-order valence-corrected chi connectivity index (χ0v) is 26.0. The van der Waals surface area contributed by atoms with Gasteiger partial charge in [0.25, 0.3) is 0 Å². The van der Waals surface area contributed by atoms with Crippen LogP contribution < -0.4 is 24.9 Å².